The molecule has 4 N–H and O–H groups in total. The molecule has 0 radical (unpaired) electrons. The maximum Gasteiger partial charge on any atom is 0.251 e. The predicted octanol–water partition coefficient (Wildman–Crippen LogP) is -1.14. The fourth-order valence-electron chi connectivity index (χ4n) is 1.98. The van der Waals surface area contributed by atoms with E-state index in [2.05, 4.69) is 4.98 Å². The van der Waals surface area contributed by atoms with Gasteiger partial charge in [0, 0.05) is 12.3 Å². The van der Waals surface area contributed by atoms with Gasteiger partial charge >= 0.3 is 0 Å². The molecule has 1 aromatic rings. The number of aromatic amines is 1. The molecule has 106 valence electrons. The van der Waals surface area contributed by atoms with Gasteiger partial charge in [-0.1, -0.05) is 0 Å². The van der Waals surface area contributed by atoms with Crippen LogP contribution in [0, 0.1) is 4.77 Å². The summed E-state index contributed by atoms with van der Waals surface area (Å²) in [6, 6.07) is 1.15. The first-order valence-electron chi connectivity index (χ1n) is 5.47. The summed E-state index contributed by atoms with van der Waals surface area (Å²) in [6.45, 7) is -1.97. The van der Waals surface area contributed by atoms with Crippen molar-refractivity contribution in [2.75, 3.05) is 13.3 Å². The number of aromatic nitrogens is 2. The Balaban J connectivity index is 2.42. The fraction of sp³-hybridized carbons (Fsp3) is 0.600. The van der Waals surface area contributed by atoms with Gasteiger partial charge in [-0.05, 0) is 12.2 Å². The highest BCUT2D eigenvalue weighted by Gasteiger charge is 2.55. The SMILES string of the molecule is O=c1ccn([C@@H]2O[C@@](CO)(CF)C(O)[C@H]2O)c(=S)[nH]1. The number of hydrogen-bond acceptors (Lipinski definition) is 6. The van der Waals surface area contributed by atoms with E-state index in [-0.39, 0.29) is 4.77 Å². The molecule has 0 aromatic carbocycles. The van der Waals surface area contributed by atoms with Gasteiger partial charge in [-0.3, -0.25) is 14.3 Å². The van der Waals surface area contributed by atoms with Crippen LogP contribution < -0.4 is 5.56 Å². The predicted molar refractivity (Wildman–Crippen MR) is 63.8 cm³/mol. The largest absolute Gasteiger partial charge is 0.393 e. The van der Waals surface area contributed by atoms with Gasteiger partial charge in [-0.2, -0.15) is 0 Å². The first-order valence-corrected chi connectivity index (χ1v) is 5.88. The number of rotatable bonds is 3. The summed E-state index contributed by atoms with van der Waals surface area (Å²) in [4.78, 5) is 13.4. The second-order valence-corrected chi connectivity index (χ2v) is 4.70. The van der Waals surface area contributed by atoms with Crippen molar-refractivity contribution in [3.05, 3.63) is 27.4 Å². The Morgan fingerprint density at radius 1 is 1.58 bits per heavy atom. The molecule has 1 aromatic heterocycles. The number of H-pyrrole nitrogens is 1. The molecule has 2 rings (SSSR count). The minimum Gasteiger partial charge on any atom is -0.393 e. The second-order valence-electron chi connectivity index (χ2n) is 4.32. The number of nitrogens with zero attached hydrogens (tertiary/aromatic N) is 1. The van der Waals surface area contributed by atoms with E-state index in [0.717, 1.165) is 6.07 Å². The third-order valence-corrected chi connectivity index (χ3v) is 3.44. The molecule has 0 amide bonds. The fourth-order valence-corrected chi connectivity index (χ4v) is 2.25. The summed E-state index contributed by atoms with van der Waals surface area (Å²) >= 11 is 4.89. The summed E-state index contributed by atoms with van der Waals surface area (Å²) in [7, 11) is 0. The van der Waals surface area contributed by atoms with Gasteiger partial charge in [-0.15, -0.1) is 0 Å². The number of aliphatic hydroxyl groups excluding tert-OH is 3. The second kappa shape index (κ2) is 5.10. The monoisotopic (exact) mass is 292 g/mol. The standard InChI is InChI=1S/C10H13FN2O5S/c11-3-10(4-14)7(17)6(16)8(18-10)13-2-1-5(15)12-9(13)19/h1-2,6-8,14,16-17H,3-4H2,(H,12,15,19)/t6-,7?,8-,10-/m1/s1. The number of ether oxygens (including phenoxy) is 1. The van der Waals surface area contributed by atoms with Crippen molar-refractivity contribution in [3.8, 4) is 0 Å². The molecular weight excluding hydrogens is 279 g/mol. The van der Waals surface area contributed by atoms with Crippen molar-refractivity contribution >= 4 is 12.2 Å². The molecule has 1 fully saturated rings. The van der Waals surface area contributed by atoms with Gasteiger partial charge in [-0.25, -0.2) is 4.39 Å². The highest BCUT2D eigenvalue weighted by molar-refractivity contribution is 7.71. The Bertz CT molecular complexity index is 570. The molecule has 1 aliphatic rings. The van der Waals surface area contributed by atoms with Gasteiger partial charge in [0.15, 0.2) is 16.6 Å². The molecule has 0 bridgehead atoms. The van der Waals surface area contributed by atoms with Crippen molar-refractivity contribution in [1.29, 1.82) is 0 Å². The van der Waals surface area contributed by atoms with Crippen LogP contribution in [-0.2, 0) is 4.74 Å². The number of nitrogens with one attached hydrogen (secondary N) is 1. The van der Waals surface area contributed by atoms with Crippen LogP contribution >= 0.6 is 12.2 Å². The number of aliphatic hydroxyl groups is 3. The van der Waals surface area contributed by atoms with E-state index in [1.54, 1.807) is 0 Å². The Kier molecular flexibility index (Phi) is 3.83. The van der Waals surface area contributed by atoms with Crippen LogP contribution in [0.3, 0.4) is 0 Å². The van der Waals surface area contributed by atoms with E-state index < -0.39 is 42.9 Å². The molecule has 0 saturated carbocycles. The Morgan fingerprint density at radius 2 is 2.26 bits per heavy atom. The van der Waals surface area contributed by atoms with Gasteiger partial charge in [0.2, 0.25) is 0 Å². The molecule has 7 nitrogen and oxygen atoms in total. The van der Waals surface area contributed by atoms with Crippen molar-refractivity contribution in [2.45, 2.75) is 24.0 Å². The smallest absolute Gasteiger partial charge is 0.251 e. The number of halogens is 1. The minimum atomic E-state index is -1.89. The first-order chi connectivity index (χ1) is 8.95. The molecule has 2 heterocycles. The van der Waals surface area contributed by atoms with Gasteiger partial charge < -0.3 is 20.1 Å². The maximum absolute atomic E-state index is 13.0. The molecule has 0 aliphatic carbocycles. The number of hydrogen-bond donors (Lipinski definition) is 4. The van der Waals surface area contributed by atoms with Crippen LogP contribution in [0.15, 0.2) is 17.1 Å². The molecule has 19 heavy (non-hydrogen) atoms. The zero-order valence-electron chi connectivity index (χ0n) is 9.69. The van der Waals surface area contributed by atoms with E-state index in [0.29, 0.717) is 0 Å². The van der Waals surface area contributed by atoms with Crippen LogP contribution in [0.1, 0.15) is 6.23 Å². The van der Waals surface area contributed by atoms with Gasteiger partial charge in [0.1, 0.15) is 18.9 Å². The molecule has 0 spiro atoms. The van der Waals surface area contributed by atoms with Crippen molar-refractivity contribution in [2.24, 2.45) is 0 Å². The summed E-state index contributed by atoms with van der Waals surface area (Å²) in [5.41, 5.74) is -2.33. The lowest BCUT2D eigenvalue weighted by Crippen LogP contribution is -2.48. The summed E-state index contributed by atoms with van der Waals surface area (Å²) in [5, 5.41) is 28.8. The molecule has 4 atom stereocenters. The van der Waals surface area contributed by atoms with E-state index in [9.17, 15) is 19.4 Å². The molecule has 1 aliphatic heterocycles. The Hall–Kier alpha value is -1.13. The summed E-state index contributed by atoms with van der Waals surface area (Å²) in [6.07, 6.45) is -3.03. The van der Waals surface area contributed by atoms with E-state index in [1.807, 2.05) is 0 Å². The molecule has 1 saturated heterocycles. The lowest BCUT2D eigenvalue weighted by molar-refractivity contribution is -0.138. The first kappa shape index (κ1) is 14.3. The average molecular weight is 292 g/mol. The van der Waals surface area contributed by atoms with Crippen molar-refractivity contribution in [3.63, 3.8) is 0 Å². The maximum atomic E-state index is 13.0. The van der Waals surface area contributed by atoms with E-state index >= 15 is 0 Å². The van der Waals surface area contributed by atoms with Crippen LogP contribution in [0.25, 0.3) is 0 Å². The zero-order chi connectivity index (χ0) is 14.2. The third kappa shape index (κ3) is 2.23. The molecular formula is C10H13FN2O5S. The number of alkyl halides is 1. The van der Waals surface area contributed by atoms with E-state index in [1.165, 1.54) is 10.8 Å². The lowest BCUT2D eigenvalue weighted by atomic mass is 9.98. The van der Waals surface area contributed by atoms with E-state index in [4.69, 9.17) is 22.1 Å². The van der Waals surface area contributed by atoms with Crippen LogP contribution in [0.5, 0.6) is 0 Å². The highest BCUT2D eigenvalue weighted by atomic mass is 32.1. The van der Waals surface area contributed by atoms with Gasteiger partial charge in [0.25, 0.3) is 5.56 Å². The Morgan fingerprint density at radius 3 is 2.74 bits per heavy atom. The normalized spacial score (nSPS) is 34.6. The molecule has 9 heteroatoms. The summed E-state index contributed by atoms with van der Waals surface area (Å²) < 4.78 is 19.3. The minimum absolute atomic E-state index is 0.0450. The van der Waals surface area contributed by atoms with Crippen LogP contribution in [0.2, 0.25) is 0 Å². The van der Waals surface area contributed by atoms with Crippen LogP contribution in [0.4, 0.5) is 4.39 Å². The van der Waals surface area contributed by atoms with Crippen molar-refractivity contribution < 1.29 is 24.4 Å². The zero-order valence-corrected chi connectivity index (χ0v) is 10.5. The third-order valence-electron chi connectivity index (χ3n) is 3.13. The summed E-state index contributed by atoms with van der Waals surface area (Å²) in [5.74, 6) is 0. The van der Waals surface area contributed by atoms with Crippen molar-refractivity contribution in [1.82, 2.24) is 9.55 Å². The lowest BCUT2D eigenvalue weighted by Gasteiger charge is -2.26. The van der Waals surface area contributed by atoms with Crippen LogP contribution in [-0.4, -0.2) is 56.0 Å². The Labute approximate surface area is 111 Å². The average Bonchev–Trinajstić information content (AvgIpc) is 2.64. The quantitative estimate of drug-likeness (QED) is 0.524. The van der Waals surface area contributed by atoms with Gasteiger partial charge in [0.05, 0.1) is 6.61 Å². The molecule has 1 unspecified atom stereocenters. The topological polar surface area (TPSA) is 108 Å². The highest BCUT2D eigenvalue weighted by Crippen LogP contribution is 2.37.